The molecule has 2 fully saturated rings. The molecule has 2 aromatic rings. The topological polar surface area (TPSA) is 49.9 Å². The van der Waals surface area contributed by atoms with Crippen LogP contribution < -0.4 is 9.64 Å². The van der Waals surface area contributed by atoms with Gasteiger partial charge in [0.2, 0.25) is 11.8 Å². The molecule has 5 nitrogen and oxygen atoms in total. The zero-order chi connectivity index (χ0) is 20.5. The number of hydrogen-bond acceptors (Lipinski definition) is 4. The van der Waals surface area contributed by atoms with Crippen LogP contribution in [0.5, 0.6) is 5.75 Å². The summed E-state index contributed by atoms with van der Waals surface area (Å²) >= 11 is 14.1. The monoisotopic (exact) mass is 450 g/mol. The van der Waals surface area contributed by atoms with E-state index in [0.717, 1.165) is 17.0 Å². The first-order chi connectivity index (χ1) is 14.0. The lowest BCUT2D eigenvalue weighted by Crippen LogP contribution is -2.37. The highest BCUT2D eigenvalue weighted by atomic mass is 35.5. The molecule has 0 bridgehead atoms. The number of halogens is 2. The van der Waals surface area contributed by atoms with Crippen molar-refractivity contribution in [2.24, 2.45) is 5.92 Å². The van der Waals surface area contributed by atoms with Crippen LogP contribution in [0.1, 0.15) is 17.4 Å². The molecule has 2 atom stereocenters. The van der Waals surface area contributed by atoms with Gasteiger partial charge in [0.05, 0.1) is 13.0 Å². The Kier molecular flexibility index (Phi) is 5.95. The Bertz CT molecular complexity index is 955. The summed E-state index contributed by atoms with van der Waals surface area (Å²) in [6.45, 7) is 1.00. The first kappa shape index (κ1) is 20.4. The van der Waals surface area contributed by atoms with Crippen LogP contribution in [0.3, 0.4) is 0 Å². The fourth-order valence-corrected chi connectivity index (χ4v) is 5.67. The molecule has 0 aliphatic carbocycles. The molecular formula is C21H20Cl2N2O3S. The lowest BCUT2D eigenvalue weighted by Gasteiger charge is -2.27. The van der Waals surface area contributed by atoms with Gasteiger partial charge in [0.1, 0.15) is 11.1 Å². The van der Waals surface area contributed by atoms with Crippen molar-refractivity contribution in [2.75, 3.05) is 30.9 Å². The van der Waals surface area contributed by atoms with Gasteiger partial charge in [0, 0.05) is 52.6 Å². The van der Waals surface area contributed by atoms with E-state index in [1.54, 1.807) is 35.9 Å². The fourth-order valence-electron chi connectivity index (χ4n) is 3.79. The number of nitrogens with zero attached hydrogens (tertiary/aromatic N) is 2. The molecular weight excluding hydrogens is 431 g/mol. The lowest BCUT2D eigenvalue weighted by molar-refractivity contribution is -0.136. The van der Waals surface area contributed by atoms with Crippen LogP contribution in [0.2, 0.25) is 10.0 Å². The molecule has 2 aromatic carbocycles. The Morgan fingerprint density at radius 1 is 1.21 bits per heavy atom. The van der Waals surface area contributed by atoms with Crippen molar-refractivity contribution >= 4 is 52.5 Å². The molecule has 29 heavy (non-hydrogen) atoms. The minimum atomic E-state index is -0.374. The molecule has 2 unspecified atom stereocenters. The van der Waals surface area contributed by atoms with Gasteiger partial charge in [-0.05, 0) is 24.3 Å². The summed E-state index contributed by atoms with van der Waals surface area (Å²) in [6.07, 6.45) is 0.207. The Morgan fingerprint density at radius 3 is 2.79 bits per heavy atom. The van der Waals surface area contributed by atoms with E-state index in [4.69, 9.17) is 27.9 Å². The number of thioether (sulfide) groups is 1. The second-order valence-corrected chi connectivity index (χ2v) is 9.06. The highest BCUT2D eigenvalue weighted by molar-refractivity contribution is 7.99. The number of rotatable bonds is 4. The third kappa shape index (κ3) is 4.06. The molecule has 2 aliphatic rings. The maximum Gasteiger partial charge on any atom is 0.229 e. The van der Waals surface area contributed by atoms with E-state index in [9.17, 15) is 9.59 Å². The number of amides is 2. The Balaban J connectivity index is 1.52. The molecule has 0 radical (unpaired) electrons. The summed E-state index contributed by atoms with van der Waals surface area (Å²) in [6, 6.07) is 12.7. The highest BCUT2D eigenvalue weighted by Gasteiger charge is 2.41. The molecule has 0 saturated carbocycles. The van der Waals surface area contributed by atoms with E-state index >= 15 is 0 Å². The molecule has 0 aromatic heterocycles. The minimum Gasteiger partial charge on any atom is -0.497 e. The van der Waals surface area contributed by atoms with Crippen LogP contribution in [0.4, 0.5) is 5.69 Å². The normalized spacial score (nSPS) is 21.7. The zero-order valence-corrected chi connectivity index (χ0v) is 18.1. The largest absolute Gasteiger partial charge is 0.497 e. The summed E-state index contributed by atoms with van der Waals surface area (Å²) in [5.74, 6) is 1.07. The van der Waals surface area contributed by atoms with Gasteiger partial charge in [0.25, 0.3) is 0 Å². The maximum absolute atomic E-state index is 13.3. The van der Waals surface area contributed by atoms with E-state index in [1.165, 1.54) is 0 Å². The third-order valence-corrected chi connectivity index (χ3v) is 7.05. The van der Waals surface area contributed by atoms with Crippen molar-refractivity contribution in [1.82, 2.24) is 4.90 Å². The van der Waals surface area contributed by atoms with Gasteiger partial charge in [-0.15, -0.1) is 11.8 Å². The average Bonchev–Trinajstić information content (AvgIpc) is 3.34. The van der Waals surface area contributed by atoms with E-state index in [0.29, 0.717) is 28.9 Å². The maximum atomic E-state index is 13.3. The second-order valence-electron chi connectivity index (χ2n) is 7.03. The van der Waals surface area contributed by atoms with Gasteiger partial charge in [-0.1, -0.05) is 35.3 Å². The zero-order valence-electron chi connectivity index (χ0n) is 15.8. The smallest absolute Gasteiger partial charge is 0.229 e. The van der Waals surface area contributed by atoms with Crippen LogP contribution in [-0.2, 0) is 9.59 Å². The SMILES string of the molecule is COc1cccc(N2CC(C(=O)N3CCSC3c3ccc(Cl)cc3Cl)CC2=O)c1. The Labute approximate surface area is 183 Å². The molecule has 8 heteroatoms. The molecule has 4 rings (SSSR count). The summed E-state index contributed by atoms with van der Waals surface area (Å²) < 4.78 is 5.25. The average molecular weight is 451 g/mol. The van der Waals surface area contributed by atoms with Crippen LogP contribution in [0.25, 0.3) is 0 Å². The third-order valence-electron chi connectivity index (χ3n) is 5.24. The summed E-state index contributed by atoms with van der Waals surface area (Å²) in [5.41, 5.74) is 1.62. The van der Waals surface area contributed by atoms with Gasteiger partial charge < -0.3 is 14.5 Å². The minimum absolute atomic E-state index is 0.00948. The molecule has 2 heterocycles. The fraction of sp³-hybridized carbons (Fsp3) is 0.333. The quantitative estimate of drug-likeness (QED) is 0.681. The summed E-state index contributed by atoms with van der Waals surface area (Å²) in [7, 11) is 1.59. The molecule has 2 aliphatic heterocycles. The Morgan fingerprint density at radius 2 is 2.03 bits per heavy atom. The molecule has 0 spiro atoms. The van der Waals surface area contributed by atoms with Crippen molar-refractivity contribution < 1.29 is 14.3 Å². The summed E-state index contributed by atoms with van der Waals surface area (Å²) in [5, 5.41) is 0.957. The van der Waals surface area contributed by atoms with Crippen LogP contribution in [0, 0.1) is 5.92 Å². The molecule has 2 amide bonds. The number of benzene rings is 2. The van der Waals surface area contributed by atoms with Gasteiger partial charge in [-0.2, -0.15) is 0 Å². The predicted octanol–water partition coefficient (Wildman–Crippen LogP) is 4.63. The van der Waals surface area contributed by atoms with E-state index in [1.807, 2.05) is 35.2 Å². The highest BCUT2D eigenvalue weighted by Crippen LogP contribution is 2.43. The van der Waals surface area contributed by atoms with Crippen LogP contribution in [0.15, 0.2) is 42.5 Å². The second kappa shape index (κ2) is 8.46. The van der Waals surface area contributed by atoms with Crippen molar-refractivity contribution in [3.05, 3.63) is 58.1 Å². The van der Waals surface area contributed by atoms with E-state index in [-0.39, 0.29) is 29.5 Å². The Hall–Kier alpha value is -1.89. The van der Waals surface area contributed by atoms with Crippen LogP contribution >= 0.6 is 35.0 Å². The van der Waals surface area contributed by atoms with Gasteiger partial charge in [0.15, 0.2) is 0 Å². The molecule has 2 saturated heterocycles. The van der Waals surface area contributed by atoms with Gasteiger partial charge in [-0.3, -0.25) is 9.59 Å². The van der Waals surface area contributed by atoms with E-state index < -0.39 is 0 Å². The first-order valence-corrected chi connectivity index (χ1v) is 11.1. The standard InChI is InChI=1S/C21H20Cl2N2O3S/c1-28-16-4-2-3-15(11-16)25-12-13(9-19(25)26)20(27)24-7-8-29-21(24)17-6-5-14(22)10-18(17)23/h2-6,10-11,13,21H,7-9,12H2,1H3. The number of anilines is 1. The van der Waals surface area contributed by atoms with Gasteiger partial charge >= 0.3 is 0 Å². The number of methoxy groups -OCH3 is 1. The molecule has 0 N–H and O–H groups in total. The van der Waals surface area contributed by atoms with E-state index in [2.05, 4.69) is 0 Å². The first-order valence-electron chi connectivity index (χ1n) is 9.29. The van der Waals surface area contributed by atoms with Crippen molar-refractivity contribution in [3.63, 3.8) is 0 Å². The van der Waals surface area contributed by atoms with Crippen LogP contribution in [-0.4, -0.2) is 42.7 Å². The number of ether oxygens (including phenoxy) is 1. The predicted molar refractivity (Wildman–Crippen MR) is 117 cm³/mol. The van der Waals surface area contributed by atoms with Crippen molar-refractivity contribution in [3.8, 4) is 5.75 Å². The number of carbonyl (C=O) groups is 2. The number of hydrogen-bond donors (Lipinski definition) is 0. The van der Waals surface area contributed by atoms with Crippen molar-refractivity contribution in [1.29, 1.82) is 0 Å². The number of carbonyl (C=O) groups excluding carboxylic acids is 2. The van der Waals surface area contributed by atoms with Crippen molar-refractivity contribution in [2.45, 2.75) is 11.8 Å². The lowest BCUT2D eigenvalue weighted by atomic mass is 10.1. The van der Waals surface area contributed by atoms with Gasteiger partial charge in [-0.25, -0.2) is 0 Å². The summed E-state index contributed by atoms with van der Waals surface area (Å²) in [4.78, 5) is 29.4. The molecule has 152 valence electrons.